The molecule has 5 nitrogen and oxygen atoms in total. The van der Waals surface area contributed by atoms with E-state index in [0.717, 1.165) is 22.6 Å². The van der Waals surface area contributed by atoms with Gasteiger partial charge < -0.3 is 9.30 Å². The van der Waals surface area contributed by atoms with Gasteiger partial charge in [-0.25, -0.2) is 9.78 Å². The van der Waals surface area contributed by atoms with Crippen molar-refractivity contribution in [3.05, 3.63) is 78.8 Å². The van der Waals surface area contributed by atoms with Crippen LogP contribution in [0, 0.1) is 20.8 Å². The SMILES string of the molecule is Cc1ccc(-n2c(C)cc(C(=O)COC(=O)c3nc(Cl)c(Cl)c(Cl)c3Cl)c2C)cc1. The third-order valence-electron chi connectivity index (χ3n) is 4.54. The van der Waals surface area contributed by atoms with Gasteiger partial charge in [-0.1, -0.05) is 64.1 Å². The number of ketones is 1. The molecule has 3 aromatic rings. The topological polar surface area (TPSA) is 61.2 Å². The largest absolute Gasteiger partial charge is 0.453 e. The minimum absolute atomic E-state index is 0.0699. The van der Waals surface area contributed by atoms with Crippen LogP contribution in [0.2, 0.25) is 20.2 Å². The van der Waals surface area contributed by atoms with E-state index in [0.29, 0.717) is 5.56 Å². The van der Waals surface area contributed by atoms with Gasteiger partial charge in [-0.05, 0) is 39.0 Å². The maximum absolute atomic E-state index is 12.7. The van der Waals surface area contributed by atoms with Crippen molar-refractivity contribution in [1.82, 2.24) is 9.55 Å². The molecule has 0 aliphatic carbocycles. The predicted molar refractivity (Wildman–Crippen MR) is 119 cm³/mol. The molecule has 2 aromatic heterocycles. The number of benzene rings is 1. The monoisotopic (exact) mass is 484 g/mol. The van der Waals surface area contributed by atoms with Gasteiger partial charge in [0.25, 0.3) is 0 Å². The zero-order valence-electron chi connectivity index (χ0n) is 16.2. The number of hydrogen-bond acceptors (Lipinski definition) is 4. The predicted octanol–water partition coefficient (Wildman–Crippen LogP) is 6.45. The zero-order valence-corrected chi connectivity index (χ0v) is 19.2. The van der Waals surface area contributed by atoms with E-state index in [2.05, 4.69) is 4.98 Å². The lowest BCUT2D eigenvalue weighted by molar-refractivity contribution is 0.0469. The molecule has 0 saturated carbocycles. The van der Waals surface area contributed by atoms with Crippen LogP contribution in [0.3, 0.4) is 0 Å². The summed E-state index contributed by atoms with van der Waals surface area (Å²) in [6, 6.07) is 9.70. The number of pyridine rings is 1. The van der Waals surface area contributed by atoms with Gasteiger partial charge in [0.05, 0.1) is 15.1 Å². The Morgan fingerprint density at radius 3 is 2.23 bits per heavy atom. The van der Waals surface area contributed by atoms with E-state index in [4.69, 9.17) is 51.1 Å². The zero-order chi connectivity index (χ0) is 22.2. The number of rotatable bonds is 5. The first-order valence-electron chi connectivity index (χ1n) is 8.78. The second kappa shape index (κ2) is 8.98. The van der Waals surface area contributed by atoms with Gasteiger partial charge in [-0.2, -0.15) is 0 Å². The van der Waals surface area contributed by atoms with Gasteiger partial charge in [0, 0.05) is 22.6 Å². The Bertz CT molecular complexity index is 1150. The minimum atomic E-state index is -0.929. The second-order valence-corrected chi connectivity index (χ2v) is 8.14. The van der Waals surface area contributed by atoms with E-state index in [1.165, 1.54) is 0 Å². The molecule has 0 aliphatic heterocycles. The van der Waals surface area contributed by atoms with E-state index >= 15 is 0 Å². The summed E-state index contributed by atoms with van der Waals surface area (Å²) in [6.45, 7) is 5.24. The smallest absolute Gasteiger partial charge is 0.359 e. The number of halogens is 4. The van der Waals surface area contributed by atoms with Crippen molar-refractivity contribution in [1.29, 1.82) is 0 Å². The van der Waals surface area contributed by atoms with Crippen LogP contribution in [0.5, 0.6) is 0 Å². The van der Waals surface area contributed by atoms with Crippen molar-refractivity contribution < 1.29 is 14.3 Å². The van der Waals surface area contributed by atoms with E-state index in [1.807, 2.05) is 49.6 Å². The van der Waals surface area contributed by atoms with E-state index < -0.39 is 12.6 Å². The third kappa shape index (κ3) is 4.35. The summed E-state index contributed by atoms with van der Waals surface area (Å²) in [5.74, 6) is -1.29. The average molecular weight is 486 g/mol. The first-order valence-corrected chi connectivity index (χ1v) is 10.3. The van der Waals surface area contributed by atoms with E-state index in [9.17, 15) is 9.59 Å². The van der Waals surface area contributed by atoms with Gasteiger partial charge >= 0.3 is 5.97 Å². The Morgan fingerprint density at radius 1 is 0.967 bits per heavy atom. The molecule has 2 heterocycles. The highest BCUT2D eigenvalue weighted by molar-refractivity contribution is 6.52. The van der Waals surface area contributed by atoms with Crippen LogP contribution in [-0.2, 0) is 4.74 Å². The van der Waals surface area contributed by atoms with Crippen LogP contribution in [0.15, 0.2) is 30.3 Å². The molecule has 1 aromatic carbocycles. The van der Waals surface area contributed by atoms with Gasteiger partial charge in [0.1, 0.15) is 5.15 Å². The van der Waals surface area contributed by atoms with Gasteiger partial charge in [0.2, 0.25) is 5.78 Å². The number of nitrogens with zero attached hydrogens (tertiary/aromatic N) is 2. The fourth-order valence-corrected chi connectivity index (χ4v) is 3.84. The summed E-state index contributed by atoms with van der Waals surface area (Å²) in [6.07, 6.45) is 0. The Morgan fingerprint density at radius 2 is 1.60 bits per heavy atom. The number of hydrogen-bond donors (Lipinski definition) is 0. The molecule has 0 radical (unpaired) electrons. The fraction of sp³-hybridized carbons (Fsp3) is 0.190. The maximum Gasteiger partial charge on any atom is 0.359 e. The van der Waals surface area contributed by atoms with Gasteiger partial charge in [-0.15, -0.1) is 0 Å². The highest BCUT2D eigenvalue weighted by atomic mass is 35.5. The fourth-order valence-electron chi connectivity index (χ4n) is 3.04. The van der Waals surface area contributed by atoms with Crippen molar-refractivity contribution in [3.8, 4) is 5.69 Å². The third-order valence-corrected chi connectivity index (χ3v) is 6.21. The molecule has 0 saturated heterocycles. The van der Waals surface area contributed by atoms with Crippen molar-refractivity contribution >= 4 is 58.2 Å². The van der Waals surface area contributed by atoms with Crippen LogP contribution < -0.4 is 0 Å². The summed E-state index contributed by atoms with van der Waals surface area (Å²) in [7, 11) is 0. The highest BCUT2D eigenvalue weighted by Crippen LogP contribution is 2.36. The lowest BCUT2D eigenvalue weighted by atomic mass is 10.1. The molecule has 0 N–H and O–H groups in total. The molecule has 30 heavy (non-hydrogen) atoms. The van der Waals surface area contributed by atoms with Crippen LogP contribution in [0.1, 0.15) is 37.8 Å². The Balaban J connectivity index is 1.80. The molecule has 0 aliphatic rings. The normalized spacial score (nSPS) is 10.9. The molecular weight excluding hydrogens is 470 g/mol. The Labute approximate surface area is 193 Å². The van der Waals surface area contributed by atoms with Gasteiger partial charge in [0.15, 0.2) is 12.3 Å². The van der Waals surface area contributed by atoms with Crippen molar-refractivity contribution in [2.24, 2.45) is 0 Å². The number of carbonyl (C=O) groups is 2. The van der Waals surface area contributed by atoms with Crippen LogP contribution >= 0.6 is 46.4 Å². The number of Topliss-reactive ketones (excluding diaryl/α,β-unsaturated/α-hetero) is 1. The molecular formula is C21H16Cl4N2O3. The van der Waals surface area contributed by atoms with Crippen molar-refractivity contribution in [2.75, 3.05) is 6.61 Å². The number of aryl methyl sites for hydroxylation is 2. The number of esters is 1. The number of aromatic nitrogens is 2. The highest BCUT2D eigenvalue weighted by Gasteiger charge is 2.23. The lowest BCUT2D eigenvalue weighted by Crippen LogP contribution is -2.16. The van der Waals surface area contributed by atoms with Gasteiger partial charge in [-0.3, -0.25) is 4.79 Å². The molecule has 0 atom stereocenters. The summed E-state index contributed by atoms with van der Waals surface area (Å²) in [5, 5.41) is -0.565. The molecule has 0 bridgehead atoms. The van der Waals surface area contributed by atoms with Crippen molar-refractivity contribution in [3.63, 3.8) is 0 Å². The first kappa shape index (κ1) is 22.6. The molecule has 156 valence electrons. The Hall–Kier alpha value is -2.05. The molecule has 0 spiro atoms. The van der Waals surface area contributed by atoms with Crippen molar-refractivity contribution in [2.45, 2.75) is 20.8 Å². The standard InChI is InChI=1S/C21H16Cl4N2O3/c1-10-4-6-13(7-5-10)27-11(2)8-14(12(27)3)15(28)9-30-21(29)19-17(23)16(22)18(24)20(25)26-19/h4-8H,9H2,1-3H3. The number of carbonyl (C=O) groups excluding carboxylic acids is 2. The number of ether oxygens (including phenoxy) is 1. The summed E-state index contributed by atoms with van der Waals surface area (Å²) >= 11 is 23.6. The lowest BCUT2D eigenvalue weighted by Gasteiger charge is -2.10. The summed E-state index contributed by atoms with van der Waals surface area (Å²) in [5.41, 5.74) is 3.84. The Kier molecular flexibility index (Phi) is 6.78. The molecule has 0 unspecified atom stereocenters. The quantitative estimate of drug-likeness (QED) is 0.236. The van der Waals surface area contributed by atoms with Crippen LogP contribution in [0.25, 0.3) is 5.69 Å². The van der Waals surface area contributed by atoms with Crippen LogP contribution in [-0.4, -0.2) is 27.9 Å². The maximum atomic E-state index is 12.7. The first-order chi connectivity index (χ1) is 14.1. The van der Waals surface area contributed by atoms with E-state index in [1.54, 1.807) is 6.07 Å². The summed E-state index contributed by atoms with van der Waals surface area (Å²) in [4.78, 5) is 28.8. The molecule has 0 fully saturated rings. The molecule has 0 amide bonds. The second-order valence-electron chi connectivity index (χ2n) is 6.65. The summed E-state index contributed by atoms with van der Waals surface area (Å²) < 4.78 is 7.06. The average Bonchev–Trinajstić information content (AvgIpc) is 3.02. The minimum Gasteiger partial charge on any atom is -0.453 e. The van der Waals surface area contributed by atoms with Crippen LogP contribution in [0.4, 0.5) is 0 Å². The molecule has 3 rings (SSSR count). The molecule has 9 heteroatoms. The van der Waals surface area contributed by atoms with E-state index in [-0.39, 0.29) is 31.7 Å².